The molecule has 1 amide bonds. The molecule has 1 atom stereocenters. The van der Waals surface area contributed by atoms with Crippen molar-refractivity contribution in [2.75, 3.05) is 19.8 Å². The number of halogens is 7. The Labute approximate surface area is 180 Å². The van der Waals surface area contributed by atoms with Crippen molar-refractivity contribution >= 4 is 18.3 Å². The zero-order chi connectivity index (χ0) is 21.9. The Morgan fingerprint density at radius 1 is 0.968 bits per heavy atom. The van der Waals surface area contributed by atoms with Crippen molar-refractivity contribution in [3.8, 4) is 0 Å². The summed E-state index contributed by atoms with van der Waals surface area (Å²) in [5, 5.41) is 3.07. The van der Waals surface area contributed by atoms with Gasteiger partial charge in [-0.2, -0.15) is 26.3 Å². The van der Waals surface area contributed by atoms with Gasteiger partial charge in [0.15, 0.2) is 0 Å². The molecular formula is C20H19ClF6N2O2. The van der Waals surface area contributed by atoms with Crippen LogP contribution in [0.25, 0.3) is 0 Å². The lowest BCUT2D eigenvalue weighted by Crippen LogP contribution is -2.50. The molecule has 0 aliphatic carbocycles. The summed E-state index contributed by atoms with van der Waals surface area (Å²) in [6.07, 6.45) is -9.85. The monoisotopic (exact) mass is 468 g/mol. The Kier molecular flexibility index (Phi) is 7.96. The average molecular weight is 469 g/mol. The van der Waals surface area contributed by atoms with E-state index < -0.39 is 30.1 Å². The number of nitrogens with zero attached hydrogens (tertiary/aromatic N) is 1. The van der Waals surface area contributed by atoms with Gasteiger partial charge in [0.1, 0.15) is 6.73 Å². The van der Waals surface area contributed by atoms with Gasteiger partial charge in [0, 0.05) is 6.54 Å². The number of piperazine rings is 1. The summed E-state index contributed by atoms with van der Waals surface area (Å²) in [6, 6.07) is 10.4. The van der Waals surface area contributed by atoms with Crippen molar-refractivity contribution in [1.82, 2.24) is 10.2 Å². The number of alkyl halides is 6. The average Bonchev–Trinajstić information content (AvgIpc) is 2.68. The number of hydrogen-bond donors (Lipinski definition) is 1. The van der Waals surface area contributed by atoms with Crippen LogP contribution in [-0.4, -0.2) is 30.6 Å². The van der Waals surface area contributed by atoms with E-state index in [1.54, 1.807) is 0 Å². The Balaban J connectivity index is 0.00000341. The summed E-state index contributed by atoms with van der Waals surface area (Å²) in [4.78, 5) is 13.4. The lowest BCUT2D eigenvalue weighted by Gasteiger charge is -2.33. The molecule has 1 unspecified atom stereocenters. The molecule has 0 spiro atoms. The standard InChI is InChI=1S/C20H18F6N2O2.ClH/c21-19(22,23)15-6-13(7-16(8-15)20(24,25)26)11-30-12-28-10-17(27-9-18(28)29)14-4-2-1-3-5-14;/h1-8,17,27H,9-12H2;1H. The molecule has 1 heterocycles. The smallest absolute Gasteiger partial charge is 0.356 e. The lowest BCUT2D eigenvalue weighted by atomic mass is 10.0. The molecule has 1 fully saturated rings. The Morgan fingerprint density at radius 3 is 2.10 bits per heavy atom. The second-order valence-corrected chi connectivity index (χ2v) is 6.85. The van der Waals surface area contributed by atoms with Crippen molar-refractivity contribution in [2.45, 2.75) is 25.0 Å². The largest absolute Gasteiger partial charge is 0.416 e. The fourth-order valence-electron chi connectivity index (χ4n) is 3.12. The van der Waals surface area contributed by atoms with Gasteiger partial charge in [-0.1, -0.05) is 30.3 Å². The number of carbonyl (C=O) groups is 1. The molecule has 170 valence electrons. The first-order valence-electron chi connectivity index (χ1n) is 8.96. The number of nitrogens with one attached hydrogen (secondary N) is 1. The minimum atomic E-state index is -4.92. The summed E-state index contributed by atoms with van der Waals surface area (Å²) < 4.78 is 82.9. The molecule has 1 N–H and O–H groups in total. The zero-order valence-electron chi connectivity index (χ0n) is 16.0. The third-order valence-corrected chi connectivity index (χ3v) is 4.62. The highest BCUT2D eigenvalue weighted by molar-refractivity contribution is 5.85. The first-order valence-corrected chi connectivity index (χ1v) is 8.96. The van der Waals surface area contributed by atoms with Crippen molar-refractivity contribution in [2.24, 2.45) is 0 Å². The maximum atomic E-state index is 12.9. The Hall–Kier alpha value is -2.30. The summed E-state index contributed by atoms with van der Waals surface area (Å²) in [5.74, 6) is -0.276. The fourth-order valence-corrected chi connectivity index (χ4v) is 3.12. The van der Waals surface area contributed by atoms with Crippen LogP contribution in [0.3, 0.4) is 0 Å². The molecule has 11 heteroatoms. The van der Waals surface area contributed by atoms with Crippen molar-refractivity contribution in [3.05, 3.63) is 70.8 Å². The van der Waals surface area contributed by atoms with Crippen molar-refractivity contribution in [3.63, 3.8) is 0 Å². The second-order valence-electron chi connectivity index (χ2n) is 6.85. The van der Waals surface area contributed by atoms with E-state index in [-0.39, 0.29) is 55.8 Å². The third kappa shape index (κ3) is 6.59. The van der Waals surface area contributed by atoms with Crippen LogP contribution >= 0.6 is 12.4 Å². The van der Waals surface area contributed by atoms with Crippen LogP contribution in [0, 0.1) is 0 Å². The summed E-state index contributed by atoms with van der Waals surface area (Å²) in [6.45, 7) is -0.439. The van der Waals surface area contributed by atoms with Crippen LogP contribution in [0.5, 0.6) is 0 Å². The molecule has 0 radical (unpaired) electrons. The number of benzene rings is 2. The molecule has 0 aromatic heterocycles. The van der Waals surface area contributed by atoms with Crippen LogP contribution in [-0.2, 0) is 28.5 Å². The Morgan fingerprint density at radius 2 is 1.55 bits per heavy atom. The van der Waals surface area contributed by atoms with E-state index in [1.807, 2.05) is 30.3 Å². The van der Waals surface area contributed by atoms with Gasteiger partial charge in [-0.25, -0.2) is 0 Å². The number of ether oxygens (including phenoxy) is 1. The zero-order valence-corrected chi connectivity index (χ0v) is 16.8. The molecule has 31 heavy (non-hydrogen) atoms. The van der Waals surface area contributed by atoms with Crippen molar-refractivity contribution < 1.29 is 35.9 Å². The molecule has 4 nitrogen and oxygen atoms in total. The quantitative estimate of drug-likeness (QED) is 0.641. The molecule has 0 saturated carbocycles. The molecule has 0 bridgehead atoms. The molecular weight excluding hydrogens is 450 g/mol. The van der Waals surface area contributed by atoms with E-state index in [9.17, 15) is 31.1 Å². The predicted octanol–water partition coefficient (Wildman–Crippen LogP) is 4.79. The molecule has 1 aliphatic heterocycles. The number of hydrogen-bond acceptors (Lipinski definition) is 3. The van der Waals surface area contributed by atoms with Crippen LogP contribution in [0.4, 0.5) is 26.3 Å². The normalized spacial score (nSPS) is 17.4. The second kappa shape index (κ2) is 9.88. The molecule has 3 rings (SSSR count). The van der Waals surface area contributed by atoms with E-state index in [1.165, 1.54) is 4.90 Å². The minimum absolute atomic E-state index is 0. The van der Waals surface area contributed by atoms with E-state index in [0.29, 0.717) is 12.1 Å². The topological polar surface area (TPSA) is 41.6 Å². The highest BCUT2D eigenvalue weighted by Gasteiger charge is 2.37. The van der Waals surface area contributed by atoms with Gasteiger partial charge >= 0.3 is 12.4 Å². The highest BCUT2D eigenvalue weighted by Crippen LogP contribution is 2.36. The Bertz CT molecular complexity index is 857. The van der Waals surface area contributed by atoms with E-state index in [0.717, 1.165) is 5.56 Å². The van der Waals surface area contributed by atoms with Crippen molar-refractivity contribution in [1.29, 1.82) is 0 Å². The van der Waals surface area contributed by atoms with Gasteiger partial charge in [-0.05, 0) is 29.3 Å². The molecule has 1 saturated heterocycles. The minimum Gasteiger partial charge on any atom is -0.356 e. The van der Waals surface area contributed by atoms with Gasteiger partial charge in [0.25, 0.3) is 0 Å². The SMILES string of the molecule is Cl.O=C1CNC(c2ccccc2)CN1COCc1cc(C(F)(F)F)cc(C(F)(F)F)c1. The summed E-state index contributed by atoms with van der Waals surface area (Å²) >= 11 is 0. The van der Waals surface area contributed by atoms with Gasteiger partial charge in [0.2, 0.25) is 5.91 Å². The van der Waals surface area contributed by atoms with Crippen LogP contribution < -0.4 is 5.32 Å². The highest BCUT2D eigenvalue weighted by atomic mass is 35.5. The van der Waals surface area contributed by atoms with Gasteiger partial charge in [-0.3, -0.25) is 10.1 Å². The first-order chi connectivity index (χ1) is 14.0. The summed E-state index contributed by atoms with van der Waals surface area (Å²) in [7, 11) is 0. The number of carbonyl (C=O) groups excluding carboxylic acids is 1. The summed E-state index contributed by atoms with van der Waals surface area (Å²) in [5.41, 5.74) is -2.14. The van der Waals surface area contributed by atoms with Crippen LogP contribution in [0.2, 0.25) is 0 Å². The molecule has 1 aliphatic rings. The van der Waals surface area contributed by atoms with E-state index >= 15 is 0 Å². The van der Waals surface area contributed by atoms with Gasteiger partial charge in [0.05, 0.1) is 30.3 Å². The lowest BCUT2D eigenvalue weighted by molar-refractivity contribution is -0.143. The van der Waals surface area contributed by atoms with Gasteiger partial charge in [-0.15, -0.1) is 12.4 Å². The molecule has 2 aromatic carbocycles. The van der Waals surface area contributed by atoms with E-state index in [4.69, 9.17) is 4.74 Å². The maximum Gasteiger partial charge on any atom is 0.416 e. The molecule has 2 aromatic rings. The number of amides is 1. The predicted molar refractivity (Wildman–Crippen MR) is 102 cm³/mol. The van der Waals surface area contributed by atoms with Gasteiger partial charge < -0.3 is 9.64 Å². The van der Waals surface area contributed by atoms with E-state index in [2.05, 4.69) is 5.32 Å². The first kappa shape index (κ1) is 25.0. The van der Waals surface area contributed by atoms with Crippen LogP contribution in [0.1, 0.15) is 28.3 Å². The maximum absolute atomic E-state index is 12.9. The number of rotatable bonds is 5. The third-order valence-electron chi connectivity index (χ3n) is 4.62. The van der Waals surface area contributed by atoms with Crippen LogP contribution in [0.15, 0.2) is 48.5 Å². The fraction of sp³-hybridized carbons (Fsp3) is 0.350.